The number of hydrogen-bond acceptors (Lipinski definition) is 11. The number of hydrogen-bond donors (Lipinski definition) is 5. The molecule has 200 valence electrons. The van der Waals surface area contributed by atoms with E-state index in [-0.39, 0.29) is 64.5 Å². The van der Waals surface area contributed by atoms with E-state index in [9.17, 15) is 19.5 Å². The number of nitrogens with zero attached hydrogens (tertiary/aromatic N) is 4. The lowest BCUT2D eigenvalue weighted by molar-refractivity contribution is -0.122. The first kappa shape index (κ1) is 22.6. The van der Waals surface area contributed by atoms with Gasteiger partial charge in [-0.25, -0.2) is 0 Å². The minimum atomic E-state index is -2.79. The van der Waals surface area contributed by atoms with Crippen molar-refractivity contribution in [3.05, 3.63) is 35.8 Å². The third-order valence-electron chi connectivity index (χ3n) is 5.63. The van der Waals surface area contributed by atoms with Gasteiger partial charge in [-0.05, 0) is 25.0 Å². The number of aliphatic hydroxyl groups is 1. The number of nitrogens with one attached hydrogen (secondary N) is 4. The Labute approximate surface area is 221 Å². The van der Waals surface area contributed by atoms with E-state index in [1.165, 1.54) is 13.2 Å². The van der Waals surface area contributed by atoms with Crippen LogP contribution in [0.3, 0.4) is 0 Å². The third kappa shape index (κ3) is 5.86. The molecule has 3 amide bonds. The van der Waals surface area contributed by atoms with Gasteiger partial charge < -0.3 is 35.6 Å². The van der Waals surface area contributed by atoms with Crippen LogP contribution < -0.4 is 26.0 Å². The molecule has 0 saturated heterocycles. The Bertz CT molecular complexity index is 1440. The molecule has 5 N–H and O–H groups in total. The zero-order chi connectivity index (χ0) is 29.7. The molecule has 0 unspecified atom stereocenters. The van der Waals surface area contributed by atoms with Crippen LogP contribution >= 0.6 is 0 Å². The van der Waals surface area contributed by atoms with Crippen molar-refractivity contribution in [3.63, 3.8) is 0 Å². The van der Waals surface area contributed by atoms with Crippen LogP contribution in [0, 0.1) is 5.92 Å². The van der Waals surface area contributed by atoms with Crippen LogP contribution in [-0.4, -0.2) is 63.9 Å². The predicted octanol–water partition coefficient (Wildman–Crippen LogP) is 1.55. The second kappa shape index (κ2) is 11.6. The van der Waals surface area contributed by atoms with E-state index in [4.69, 9.17) is 13.4 Å². The Morgan fingerprint density at radius 2 is 2.08 bits per heavy atom. The summed E-state index contributed by atoms with van der Waals surface area (Å²) < 4.78 is 33.1. The number of anilines is 3. The van der Waals surface area contributed by atoms with Crippen molar-refractivity contribution in [3.8, 4) is 17.2 Å². The van der Waals surface area contributed by atoms with E-state index in [1.807, 2.05) is 5.32 Å². The summed E-state index contributed by atoms with van der Waals surface area (Å²) in [5.41, 5.74) is 0.290. The fraction of sp³-hybridized carbons (Fsp3) is 0.375. The molecule has 4 rings (SSSR count). The summed E-state index contributed by atoms with van der Waals surface area (Å²) in [6.45, 7) is -1.58. The molecule has 0 spiro atoms. The molecule has 38 heavy (non-hydrogen) atoms. The number of amides is 3. The monoisotopic (exact) mass is 527 g/mol. The van der Waals surface area contributed by atoms with Gasteiger partial charge in [-0.2, -0.15) is 4.98 Å². The van der Waals surface area contributed by atoms with Crippen molar-refractivity contribution in [1.82, 2.24) is 31.0 Å². The van der Waals surface area contributed by atoms with Gasteiger partial charge in [-0.15, -0.1) is 10.2 Å². The van der Waals surface area contributed by atoms with Crippen molar-refractivity contribution in [2.45, 2.75) is 32.2 Å². The third-order valence-corrected chi connectivity index (χ3v) is 5.63. The summed E-state index contributed by atoms with van der Waals surface area (Å²) in [5.74, 6) is -1.40. The smallest absolute Gasteiger partial charge is 0.273 e. The lowest BCUT2D eigenvalue weighted by atomic mass is 10.1. The first-order chi connectivity index (χ1) is 19.5. The summed E-state index contributed by atoms with van der Waals surface area (Å²) in [6.07, 6.45) is 1.72. The van der Waals surface area contributed by atoms with Crippen LogP contribution in [0.15, 0.2) is 28.8 Å². The number of carbonyl (C=O) groups is 3. The minimum Gasteiger partial charge on any atom is -0.494 e. The van der Waals surface area contributed by atoms with Gasteiger partial charge in [0.15, 0.2) is 23.1 Å². The topological polar surface area (TPSA) is 193 Å². The van der Waals surface area contributed by atoms with Gasteiger partial charge in [0.05, 0.1) is 30.7 Å². The maximum absolute atomic E-state index is 12.7. The molecule has 3 aromatic rings. The SMILES string of the molecule is [2H]C([2H])([2H])NC(=O)c1nnc(NC(=O)C2CC2)cc1Nc1cccc(-c2nc([C@H](CO)NC(=O)CC)no2)c1OC. The normalized spacial score (nSPS) is 14.9. The zero-order valence-electron chi connectivity index (χ0n) is 23.6. The minimum absolute atomic E-state index is 0.00954. The van der Waals surface area contributed by atoms with E-state index in [0.717, 1.165) is 12.8 Å². The van der Waals surface area contributed by atoms with Crippen molar-refractivity contribution < 1.29 is 32.9 Å². The number of methoxy groups -OCH3 is 1. The Kier molecular flexibility index (Phi) is 6.92. The number of benzene rings is 1. The van der Waals surface area contributed by atoms with E-state index < -0.39 is 25.5 Å². The quantitative estimate of drug-likeness (QED) is 0.243. The van der Waals surface area contributed by atoms with Gasteiger partial charge in [0, 0.05) is 29.5 Å². The first-order valence-electron chi connectivity index (χ1n) is 13.2. The molecule has 1 aliphatic rings. The average Bonchev–Trinajstić information content (AvgIpc) is 3.67. The second-order valence-corrected chi connectivity index (χ2v) is 8.33. The van der Waals surface area contributed by atoms with Crippen molar-refractivity contribution in [1.29, 1.82) is 0 Å². The Morgan fingerprint density at radius 3 is 2.76 bits per heavy atom. The van der Waals surface area contributed by atoms with Crippen molar-refractivity contribution in [2.75, 3.05) is 31.3 Å². The molecular formula is C24H28N8O6. The molecule has 1 saturated carbocycles. The maximum atomic E-state index is 12.7. The molecular weight excluding hydrogens is 496 g/mol. The molecule has 0 radical (unpaired) electrons. The molecule has 1 atom stereocenters. The highest BCUT2D eigenvalue weighted by molar-refractivity contribution is 6.00. The number of aromatic nitrogens is 4. The Morgan fingerprint density at radius 1 is 1.26 bits per heavy atom. The van der Waals surface area contributed by atoms with Crippen LogP contribution in [-0.2, 0) is 9.59 Å². The number of para-hydroxylation sites is 1. The Hall–Kier alpha value is -4.59. The Balaban J connectivity index is 1.68. The summed E-state index contributed by atoms with van der Waals surface area (Å²) >= 11 is 0. The molecule has 2 heterocycles. The van der Waals surface area contributed by atoms with Gasteiger partial charge in [-0.3, -0.25) is 14.4 Å². The molecule has 0 bridgehead atoms. The van der Waals surface area contributed by atoms with Crippen LogP contribution in [0.5, 0.6) is 5.75 Å². The van der Waals surface area contributed by atoms with E-state index >= 15 is 0 Å². The van der Waals surface area contributed by atoms with Gasteiger partial charge in [0.2, 0.25) is 11.8 Å². The molecule has 14 nitrogen and oxygen atoms in total. The van der Waals surface area contributed by atoms with Gasteiger partial charge in [0.1, 0.15) is 6.04 Å². The second-order valence-electron chi connectivity index (χ2n) is 8.33. The number of ether oxygens (including phenoxy) is 1. The van der Waals surface area contributed by atoms with Crippen molar-refractivity contribution >= 4 is 34.9 Å². The maximum Gasteiger partial charge on any atom is 0.273 e. The number of aliphatic hydroxyl groups excluding tert-OH is 1. The number of rotatable bonds is 11. The molecule has 1 aromatic carbocycles. The molecule has 1 fully saturated rings. The summed E-state index contributed by atoms with van der Waals surface area (Å²) in [6, 6.07) is 5.30. The van der Waals surface area contributed by atoms with Crippen LogP contribution in [0.4, 0.5) is 17.2 Å². The molecule has 0 aliphatic heterocycles. The predicted molar refractivity (Wildman–Crippen MR) is 135 cm³/mol. The van der Waals surface area contributed by atoms with Gasteiger partial charge in [-0.1, -0.05) is 18.1 Å². The standard InChI is InChI=1S/C24H28N8O6/c1-4-18(34)27-16(11-33)21-29-24(38-32-21)13-6-5-7-14(20(13)37-3)26-15-10-17(28-22(35)12-8-9-12)30-31-19(15)23(36)25-2/h5-7,10,12,16,33H,4,8-9,11H2,1-3H3,(H,25,36)(H,27,34)(H2,26,28,30,35)/t16-/m0/s1/i2D3. The van der Waals surface area contributed by atoms with Crippen LogP contribution in [0.25, 0.3) is 11.5 Å². The average molecular weight is 528 g/mol. The van der Waals surface area contributed by atoms with E-state index in [2.05, 4.69) is 36.3 Å². The summed E-state index contributed by atoms with van der Waals surface area (Å²) in [4.78, 5) is 41.1. The van der Waals surface area contributed by atoms with Crippen molar-refractivity contribution in [2.24, 2.45) is 5.92 Å². The first-order valence-corrected chi connectivity index (χ1v) is 11.7. The van der Waals surface area contributed by atoms with Crippen LogP contribution in [0.1, 0.15) is 52.7 Å². The van der Waals surface area contributed by atoms with E-state index in [1.54, 1.807) is 25.1 Å². The summed E-state index contributed by atoms with van der Waals surface area (Å²) in [7, 11) is 1.38. The molecule has 2 aromatic heterocycles. The van der Waals surface area contributed by atoms with Gasteiger partial charge in [0.25, 0.3) is 11.8 Å². The lowest BCUT2D eigenvalue weighted by Crippen LogP contribution is -2.30. The highest BCUT2D eigenvalue weighted by atomic mass is 16.5. The highest BCUT2D eigenvalue weighted by Crippen LogP contribution is 2.38. The molecule has 1 aliphatic carbocycles. The van der Waals surface area contributed by atoms with Gasteiger partial charge >= 0.3 is 0 Å². The summed E-state index contributed by atoms with van der Waals surface area (Å²) in [5, 5.41) is 31.4. The molecule has 14 heteroatoms. The van der Waals surface area contributed by atoms with Crippen LogP contribution in [0.2, 0.25) is 0 Å². The fourth-order valence-electron chi connectivity index (χ4n) is 3.49. The fourth-order valence-corrected chi connectivity index (χ4v) is 3.49. The largest absolute Gasteiger partial charge is 0.494 e. The number of carbonyl (C=O) groups excluding carboxylic acids is 3. The lowest BCUT2D eigenvalue weighted by Gasteiger charge is -2.16. The zero-order valence-corrected chi connectivity index (χ0v) is 20.6. The highest BCUT2D eigenvalue weighted by Gasteiger charge is 2.30. The van der Waals surface area contributed by atoms with E-state index in [0.29, 0.717) is 5.56 Å².